The number of nitrogens with zero attached hydrogens (tertiary/aromatic N) is 2. The van der Waals surface area contributed by atoms with E-state index < -0.39 is 28.7 Å². The number of hydrogen-bond acceptors (Lipinski definition) is 4. The van der Waals surface area contributed by atoms with Crippen molar-refractivity contribution >= 4 is 11.8 Å². The summed E-state index contributed by atoms with van der Waals surface area (Å²) in [4.78, 5) is 39.9. The number of pyridine rings is 1. The lowest BCUT2D eigenvalue weighted by molar-refractivity contribution is 0.0336. The lowest BCUT2D eigenvalue weighted by Gasteiger charge is -2.46. The monoisotopic (exact) mass is 413 g/mol. The van der Waals surface area contributed by atoms with Gasteiger partial charge >= 0.3 is 0 Å². The highest BCUT2D eigenvalue weighted by molar-refractivity contribution is 6.00. The van der Waals surface area contributed by atoms with E-state index in [0.717, 1.165) is 18.9 Å². The fraction of sp³-hybridized carbons (Fsp3) is 0.381. The van der Waals surface area contributed by atoms with E-state index >= 15 is 0 Å². The predicted octanol–water partition coefficient (Wildman–Crippen LogP) is 1.38. The Morgan fingerprint density at radius 1 is 1.27 bits per heavy atom. The molecule has 5 aliphatic rings. The molecular formula is C21H17F2N3O4. The first-order valence-electron chi connectivity index (χ1n) is 9.76. The van der Waals surface area contributed by atoms with Gasteiger partial charge in [-0.1, -0.05) is 6.07 Å². The standard InChI is InChI=1S/C21H17F2N3O4/c22-11-2-1-10(13(23)3-11)5-24-18(29)12-6-25-9-21-7-20(4-14(20)21)8-26(21)19(30)15(25)17(28)16(12)27/h1-3,6,14,28H,4-5,7-9H2,(H,24,29)/t14?,20?,21-/m0/s1. The number of carbonyl (C=O) groups is 2. The molecule has 2 saturated carbocycles. The second-order valence-electron chi connectivity index (χ2n) is 8.91. The van der Waals surface area contributed by atoms with Crippen molar-refractivity contribution in [3.05, 3.63) is 63.1 Å². The van der Waals surface area contributed by atoms with Gasteiger partial charge in [0, 0.05) is 37.5 Å². The van der Waals surface area contributed by atoms with E-state index in [2.05, 4.69) is 5.32 Å². The van der Waals surface area contributed by atoms with Crippen molar-refractivity contribution in [3.63, 3.8) is 0 Å². The summed E-state index contributed by atoms with van der Waals surface area (Å²) >= 11 is 0. The molecule has 2 bridgehead atoms. The van der Waals surface area contributed by atoms with Gasteiger partial charge in [0.15, 0.2) is 11.4 Å². The van der Waals surface area contributed by atoms with Gasteiger partial charge in [0.2, 0.25) is 5.43 Å². The molecule has 4 heterocycles. The van der Waals surface area contributed by atoms with E-state index in [-0.39, 0.29) is 40.2 Å². The first-order chi connectivity index (χ1) is 14.3. The first-order valence-corrected chi connectivity index (χ1v) is 9.76. The zero-order chi connectivity index (χ0) is 21.0. The third-order valence-electron chi connectivity index (χ3n) is 7.35. The number of aromatic hydroxyl groups is 1. The van der Waals surface area contributed by atoms with Crippen LogP contribution in [-0.4, -0.2) is 38.5 Å². The third-order valence-corrected chi connectivity index (χ3v) is 7.35. The van der Waals surface area contributed by atoms with E-state index in [1.165, 1.54) is 16.8 Å². The second-order valence-corrected chi connectivity index (χ2v) is 8.91. The second kappa shape index (κ2) is 5.27. The van der Waals surface area contributed by atoms with Crippen LogP contribution >= 0.6 is 0 Å². The van der Waals surface area contributed by atoms with E-state index in [1.54, 1.807) is 4.90 Å². The van der Waals surface area contributed by atoms with Gasteiger partial charge in [0.05, 0.1) is 5.54 Å². The number of nitrogens with one attached hydrogen (secondary N) is 1. The number of amides is 2. The van der Waals surface area contributed by atoms with Gasteiger partial charge in [-0.15, -0.1) is 0 Å². The number of fused-ring (bicyclic) bond motifs is 1. The van der Waals surface area contributed by atoms with Gasteiger partial charge in [-0.05, 0) is 30.2 Å². The Labute approximate surface area is 168 Å². The van der Waals surface area contributed by atoms with Crippen LogP contribution in [0.15, 0.2) is 29.2 Å². The molecule has 30 heavy (non-hydrogen) atoms. The average molecular weight is 413 g/mol. The molecule has 7 rings (SSSR count). The zero-order valence-corrected chi connectivity index (χ0v) is 15.7. The Morgan fingerprint density at radius 2 is 2.07 bits per heavy atom. The summed E-state index contributed by atoms with van der Waals surface area (Å²) in [6, 6.07) is 2.97. The van der Waals surface area contributed by atoms with Crippen molar-refractivity contribution in [3.8, 4) is 5.75 Å². The number of carbonyl (C=O) groups excluding carboxylic acids is 2. The Morgan fingerprint density at radius 3 is 2.80 bits per heavy atom. The van der Waals surface area contributed by atoms with E-state index in [0.29, 0.717) is 25.1 Å². The van der Waals surface area contributed by atoms with Crippen LogP contribution in [0, 0.1) is 23.0 Å². The summed E-state index contributed by atoms with van der Waals surface area (Å²) < 4.78 is 28.3. The van der Waals surface area contributed by atoms with Gasteiger partial charge in [0.25, 0.3) is 11.8 Å². The highest BCUT2D eigenvalue weighted by Gasteiger charge is 2.83. The molecule has 1 aromatic heterocycles. The third kappa shape index (κ3) is 1.99. The van der Waals surface area contributed by atoms with E-state index in [1.807, 2.05) is 0 Å². The summed E-state index contributed by atoms with van der Waals surface area (Å²) in [6.45, 7) is 0.838. The molecule has 2 amide bonds. The number of hydrogen-bond donors (Lipinski definition) is 2. The summed E-state index contributed by atoms with van der Waals surface area (Å²) in [7, 11) is 0. The summed E-state index contributed by atoms with van der Waals surface area (Å²) in [5.74, 6) is -3.03. The highest BCUT2D eigenvalue weighted by atomic mass is 19.1. The molecule has 9 heteroatoms. The largest absolute Gasteiger partial charge is 0.503 e. The van der Waals surface area contributed by atoms with Crippen LogP contribution in [0.1, 0.15) is 39.3 Å². The number of piperidine rings is 1. The van der Waals surface area contributed by atoms with Crippen LogP contribution < -0.4 is 10.7 Å². The summed E-state index contributed by atoms with van der Waals surface area (Å²) in [5, 5.41) is 12.9. The number of aromatic nitrogens is 1. The minimum atomic E-state index is -0.947. The molecule has 2 aliphatic carbocycles. The first kappa shape index (κ1) is 17.6. The quantitative estimate of drug-likeness (QED) is 0.796. The molecule has 2 N–H and O–H groups in total. The van der Waals surface area contributed by atoms with Crippen LogP contribution in [0.3, 0.4) is 0 Å². The molecule has 4 fully saturated rings. The van der Waals surface area contributed by atoms with Crippen LogP contribution in [0.25, 0.3) is 0 Å². The maximum Gasteiger partial charge on any atom is 0.275 e. The Balaban J connectivity index is 1.32. The maximum absolute atomic E-state index is 13.8. The Bertz CT molecular complexity index is 1240. The average Bonchev–Trinajstić information content (AvgIpc) is 3.04. The van der Waals surface area contributed by atoms with Gasteiger partial charge in [-0.25, -0.2) is 8.78 Å². The van der Waals surface area contributed by atoms with Crippen molar-refractivity contribution in [2.45, 2.75) is 31.5 Å². The van der Waals surface area contributed by atoms with Crippen LogP contribution in [-0.2, 0) is 13.1 Å². The van der Waals surface area contributed by atoms with Crippen LogP contribution in [0.5, 0.6) is 5.75 Å². The normalized spacial score (nSPS) is 29.6. The number of rotatable bonds is 3. The van der Waals surface area contributed by atoms with Crippen molar-refractivity contribution in [2.75, 3.05) is 6.54 Å². The SMILES string of the molecule is O=C(NCc1ccc(F)cc1F)c1cn2c(c(O)c1=O)C(=O)N1CC34CC3[C@@]1(C2)C4. The summed E-state index contributed by atoms with van der Waals surface area (Å²) in [6.07, 6.45) is 3.31. The Kier molecular flexibility index (Phi) is 3.09. The molecule has 0 radical (unpaired) electrons. The smallest absolute Gasteiger partial charge is 0.275 e. The fourth-order valence-electron chi connectivity index (χ4n) is 5.94. The lowest BCUT2D eigenvalue weighted by Crippen LogP contribution is -2.57. The van der Waals surface area contributed by atoms with Crippen molar-refractivity contribution in [1.82, 2.24) is 14.8 Å². The molecule has 2 unspecified atom stereocenters. The minimum Gasteiger partial charge on any atom is -0.503 e. The molecule has 7 nitrogen and oxygen atoms in total. The highest BCUT2D eigenvalue weighted by Crippen LogP contribution is 2.80. The molecular weight excluding hydrogens is 396 g/mol. The topological polar surface area (TPSA) is 91.6 Å². The number of benzene rings is 1. The molecule has 154 valence electrons. The van der Waals surface area contributed by atoms with Gasteiger partial charge in [-0.2, -0.15) is 0 Å². The van der Waals surface area contributed by atoms with Crippen LogP contribution in [0.2, 0.25) is 0 Å². The zero-order valence-electron chi connectivity index (χ0n) is 15.7. The summed E-state index contributed by atoms with van der Waals surface area (Å²) in [5.41, 5.74) is -1.37. The minimum absolute atomic E-state index is 0.0576. The fourth-order valence-corrected chi connectivity index (χ4v) is 5.94. The predicted molar refractivity (Wildman–Crippen MR) is 98.8 cm³/mol. The molecule has 2 spiro atoms. The van der Waals surface area contributed by atoms with E-state index in [9.17, 15) is 28.3 Å². The van der Waals surface area contributed by atoms with Crippen molar-refractivity contribution < 1.29 is 23.5 Å². The molecule has 2 saturated heterocycles. The van der Waals surface area contributed by atoms with E-state index in [4.69, 9.17) is 0 Å². The molecule has 1 aromatic carbocycles. The lowest BCUT2D eigenvalue weighted by atomic mass is 9.72. The molecule has 3 atom stereocenters. The maximum atomic E-state index is 13.8. The van der Waals surface area contributed by atoms with Crippen LogP contribution in [0.4, 0.5) is 8.78 Å². The van der Waals surface area contributed by atoms with Crippen molar-refractivity contribution in [1.29, 1.82) is 0 Å². The van der Waals surface area contributed by atoms with Crippen molar-refractivity contribution in [2.24, 2.45) is 11.3 Å². The number of halogens is 2. The van der Waals surface area contributed by atoms with Gasteiger partial charge in [0.1, 0.15) is 17.2 Å². The van der Waals surface area contributed by atoms with Gasteiger partial charge < -0.3 is 19.9 Å². The molecule has 3 aliphatic heterocycles. The molecule has 2 aromatic rings. The Hall–Kier alpha value is -3.23. The van der Waals surface area contributed by atoms with Gasteiger partial charge in [-0.3, -0.25) is 14.4 Å².